The maximum absolute atomic E-state index is 12.8. The Morgan fingerprint density at radius 3 is 3.04 bits per heavy atom. The molecule has 0 saturated heterocycles. The number of tetrazole rings is 1. The fraction of sp³-hybridized carbons (Fsp3) is 0.333. The zero-order chi connectivity index (χ0) is 17.2. The summed E-state index contributed by atoms with van der Waals surface area (Å²) >= 11 is 1.37. The van der Waals surface area contributed by atoms with E-state index in [0.717, 1.165) is 24.2 Å². The van der Waals surface area contributed by atoms with E-state index in [1.54, 1.807) is 10.9 Å². The zero-order valence-corrected chi connectivity index (χ0v) is 14.7. The topological polar surface area (TPSA) is 73.8 Å². The smallest absolute Gasteiger partial charge is 0.210 e. The maximum atomic E-state index is 12.8. The Hall–Kier alpha value is -2.41. The van der Waals surface area contributed by atoms with Gasteiger partial charge < -0.3 is 4.42 Å². The molecule has 3 aromatic rings. The number of nitrogens with zero attached hydrogens (tertiary/aromatic N) is 4. The second kappa shape index (κ2) is 6.84. The number of ketones is 1. The first-order chi connectivity index (χ1) is 12.2. The fourth-order valence-corrected chi connectivity index (χ4v) is 3.97. The quantitative estimate of drug-likeness (QED) is 0.500. The van der Waals surface area contributed by atoms with Gasteiger partial charge in [0.1, 0.15) is 12.3 Å². The summed E-state index contributed by atoms with van der Waals surface area (Å²) in [5, 5.41) is 12.1. The van der Waals surface area contributed by atoms with E-state index < -0.39 is 0 Å². The average molecular weight is 354 g/mol. The van der Waals surface area contributed by atoms with Crippen LogP contribution in [0, 0.1) is 0 Å². The second-order valence-electron chi connectivity index (χ2n) is 6.16. The van der Waals surface area contributed by atoms with Crippen molar-refractivity contribution < 1.29 is 9.21 Å². The molecule has 6 nitrogen and oxygen atoms in total. The molecule has 2 heterocycles. The van der Waals surface area contributed by atoms with E-state index in [1.807, 2.05) is 31.2 Å². The van der Waals surface area contributed by atoms with Crippen molar-refractivity contribution in [3.8, 4) is 0 Å². The van der Waals surface area contributed by atoms with Gasteiger partial charge in [-0.25, -0.2) is 4.68 Å². The second-order valence-corrected chi connectivity index (χ2v) is 7.47. The molecule has 4 rings (SSSR count). The Morgan fingerprint density at radius 2 is 2.20 bits per heavy atom. The van der Waals surface area contributed by atoms with Crippen molar-refractivity contribution >= 4 is 17.5 Å². The standard InChI is InChI=1S/C18H18N4O2S/c1-12(17(23)15-8-7-13-4-2-5-14(13)10-15)25-18-19-20-21-22(18)11-16-6-3-9-24-16/h3,6-10,12H,2,4-5,11H2,1H3. The molecule has 0 fully saturated rings. The van der Waals surface area contributed by atoms with Crippen LogP contribution in [0.5, 0.6) is 0 Å². The van der Waals surface area contributed by atoms with Crippen LogP contribution in [0.3, 0.4) is 0 Å². The third-order valence-electron chi connectivity index (χ3n) is 4.42. The molecule has 1 aliphatic carbocycles. The summed E-state index contributed by atoms with van der Waals surface area (Å²) in [6.45, 7) is 2.34. The van der Waals surface area contributed by atoms with E-state index in [1.165, 1.54) is 29.3 Å². The summed E-state index contributed by atoms with van der Waals surface area (Å²) in [5.41, 5.74) is 3.45. The minimum Gasteiger partial charge on any atom is -0.467 e. The molecule has 0 saturated carbocycles. The van der Waals surface area contributed by atoms with Gasteiger partial charge in [0.25, 0.3) is 0 Å². The minimum atomic E-state index is -0.263. The summed E-state index contributed by atoms with van der Waals surface area (Å²) in [6, 6.07) is 9.78. The lowest BCUT2D eigenvalue weighted by molar-refractivity contribution is 0.0993. The molecular weight excluding hydrogens is 336 g/mol. The van der Waals surface area contributed by atoms with Gasteiger partial charge in [0.2, 0.25) is 5.16 Å². The van der Waals surface area contributed by atoms with Gasteiger partial charge in [-0.05, 0) is 65.9 Å². The third kappa shape index (κ3) is 3.37. The Balaban J connectivity index is 1.48. The van der Waals surface area contributed by atoms with Crippen molar-refractivity contribution in [3.63, 3.8) is 0 Å². The lowest BCUT2D eigenvalue weighted by Gasteiger charge is -2.11. The number of aryl methyl sites for hydroxylation is 2. The average Bonchev–Trinajstić information content (AvgIpc) is 3.36. The largest absolute Gasteiger partial charge is 0.467 e. The van der Waals surface area contributed by atoms with Gasteiger partial charge in [0, 0.05) is 5.56 Å². The highest BCUT2D eigenvalue weighted by Gasteiger charge is 2.22. The summed E-state index contributed by atoms with van der Waals surface area (Å²) in [6.07, 6.45) is 4.99. The van der Waals surface area contributed by atoms with E-state index in [9.17, 15) is 4.79 Å². The van der Waals surface area contributed by atoms with Gasteiger partial charge in [0.05, 0.1) is 11.5 Å². The number of rotatable bonds is 6. The Kier molecular flexibility index (Phi) is 4.40. The Bertz CT molecular complexity index is 888. The molecule has 1 aromatic carbocycles. The Morgan fingerprint density at radius 1 is 1.32 bits per heavy atom. The highest BCUT2D eigenvalue weighted by Crippen LogP contribution is 2.27. The SMILES string of the molecule is CC(Sc1nnnn1Cc1ccco1)C(=O)c1ccc2c(c1)CCC2. The molecule has 0 amide bonds. The van der Waals surface area contributed by atoms with E-state index in [-0.39, 0.29) is 11.0 Å². The fourth-order valence-electron chi connectivity index (χ4n) is 3.10. The number of fused-ring (bicyclic) bond motifs is 1. The predicted octanol–water partition coefficient (Wildman–Crippen LogP) is 3.17. The van der Waals surface area contributed by atoms with Crippen LogP contribution < -0.4 is 0 Å². The number of Topliss-reactive ketones (excluding diaryl/α,β-unsaturated/α-hetero) is 1. The van der Waals surface area contributed by atoms with Crippen LogP contribution in [0.2, 0.25) is 0 Å². The normalized spacial score (nSPS) is 14.4. The molecule has 128 valence electrons. The van der Waals surface area contributed by atoms with E-state index in [2.05, 4.69) is 21.6 Å². The van der Waals surface area contributed by atoms with Gasteiger partial charge >= 0.3 is 0 Å². The van der Waals surface area contributed by atoms with Crippen LogP contribution in [0.1, 0.15) is 40.6 Å². The number of hydrogen-bond donors (Lipinski definition) is 0. The number of carbonyl (C=O) groups excluding carboxylic acids is 1. The van der Waals surface area contributed by atoms with Crippen molar-refractivity contribution in [1.82, 2.24) is 20.2 Å². The van der Waals surface area contributed by atoms with Gasteiger partial charge in [-0.1, -0.05) is 23.9 Å². The lowest BCUT2D eigenvalue weighted by Crippen LogP contribution is -2.15. The van der Waals surface area contributed by atoms with Gasteiger partial charge in [-0.15, -0.1) is 5.10 Å². The first kappa shape index (κ1) is 16.1. The Labute approximate surface area is 149 Å². The third-order valence-corrected chi connectivity index (χ3v) is 5.49. The number of aromatic nitrogens is 4. The summed E-state index contributed by atoms with van der Waals surface area (Å²) in [4.78, 5) is 12.8. The van der Waals surface area contributed by atoms with Crippen LogP contribution in [-0.4, -0.2) is 31.2 Å². The van der Waals surface area contributed by atoms with Crippen LogP contribution in [0.4, 0.5) is 0 Å². The molecule has 2 aromatic heterocycles. The first-order valence-corrected chi connectivity index (χ1v) is 9.20. The van der Waals surface area contributed by atoms with Crippen LogP contribution >= 0.6 is 11.8 Å². The molecule has 25 heavy (non-hydrogen) atoms. The van der Waals surface area contributed by atoms with Crippen LogP contribution in [-0.2, 0) is 19.4 Å². The van der Waals surface area contributed by atoms with Crippen LogP contribution in [0.25, 0.3) is 0 Å². The van der Waals surface area contributed by atoms with E-state index in [4.69, 9.17) is 4.42 Å². The molecule has 7 heteroatoms. The molecule has 0 spiro atoms. The van der Waals surface area contributed by atoms with Crippen molar-refractivity contribution in [1.29, 1.82) is 0 Å². The number of thioether (sulfide) groups is 1. The van der Waals surface area contributed by atoms with Crippen molar-refractivity contribution in [2.75, 3.05) is 0 Å². The molecule has 0 radical (unpaired) electrons. The van der Waals surface area contributed by atoms with Gasteiger partial charge in [0.15, 0.2) is 5.78 Å². The summed E-state index contributed by atoms with van der Waals surface area (Å²) in [7, 11) is 0. The molecule has 0 bridgehead atoms. The highest BCUT2D eigenvalue weighted by molar-refractivity contribution is 8.00. The predicted molar refractivity (Wildman–Crippen MR) is 93.7 cm³/mol. The van der Waals surface area contributed by atoms with E-state index >= 15 is 0 Å². The number of hydrogen-bond acceptors (Lipinski definition) is 6. The molecule has 1 unspecified atom stereocenters. The van der Waals surface area contributed by atoms with Crippen LogP contribution in [0.15, 0.2) is 46.2 Å². The van der Waals surface area contributed by atoms with Crippen molar-refractivity contribution in [2.24, 2.45) is 0 Å². The number of furan rings is 1. The maximum Gasteiger partial charge on any atom is 0.210 e. The first-order valence-electron chi connectivity index (χ1n) is 8.32. The summed E-state index contributed by atoms with van der Waals surface area (Å²) < 4.78 is 6.98. The zero-order valence-electron chi connectivity index (χ0n) is 13.9. The molecular formula is C18H18N4O2S. The minimum absolute atomic E-state index is 0.104. The molecule has 1 atom stereocenters. The number of benzene rings is 1. The molecule has 1 aliphatic rings. The monoisotopic (exact) mass is 354 g/mol. The van der Waals surface area contributed by atoms with E-state index in [0.29, 0.717) is 11.7 Å². The summed E-state index contributed by atoms with van der Waals surface area (Å²) in [5.74, 6) is 0.874. The molecule has 0 N–H and O–H groups in total. The van der Waals surface area contributed by atoms with Crippen molar-refractivity contribution in [3.05, 3.63) is 59.0 Å². The van der Waals surface area contributed by atoms with Crippen molar-refractivity contribution in [2.45, 2.75) is 43.1 Å². The van der Waals surface area contributed by atoms with Gasteiger partial charge in [-0.3, -0.25) is 4.79 Å². The number of carbonyl (C=O) groups is 1. The lowest BCUT2D eigenvalue weighted by atomic mass is 10.0. The molecule has 0 aliphatic heterocycles. The highest BCUT2D eigenvalue weighted by atomic mass is 32.2. The van der Waals surface area contributed by atoms with Gasteiger partial charge in [-0.2, -0.15) is 0 Å².